The van der Waals surface area contributed by atoms with Crippen molar-refractivity contribution >= 4 is 23.6 Å². The minimum absolute atomic E-state index is 0.207. The van der Waals surface area contributed by atoms with E-state index in [4.69, 9.17) is 10.00 Å². The van der Waals surface area contributed by atoms with Gasteiger partial charge in [0.25, 0.3) is 0 Å². The van der Waals surface area contributed by atoms with Gasteiger partial charge in [-0.05, 0) is 54.8 Å². The quantitative estimate of drug-likeness (QED) is 0.814. The SMILES string of the molecule is COc1ccc(NC(=O)C2CCCN2C(=O)/C=C/c2ccccc2C#N)cc1. The summed E-state index contributed by atoms with van der Waals surface area (Å²) >= 11 is 0. The fourth-order valence-corrected chi connectivity index (χ4v) is 3.20. The molecule has 1 atom stereocenters. The first kappa shape index (κ1) is 19.2. The Morgan fingerprint density at radius 3 is 2.68 bits per heavy atom. The molecule has 1 aliphatic heterocycles. The Morgan fingerprint density at radius 1 is 1.21 bits per heavy atom. The molecule has 0 radical (unpaired) electrons. The zero-order valence-corrected chi connectivity index (χ0v) is 15.6. The highest BCUT2D eigenvalue weighted by molar-refractivity contribution is 6.00. The Balaban J connectivity index is 1.67. The number of benzene rings is 2. The summed E-state index contributed by atoms with van der Waals surface area (Å²) in [6.07, 6.45) is 4.44. The zero-order chi connectivity index (χ0) is 19.9. The minimum Gasteiger partial charge on any atom is -0.497 e. The van der Waals surface area contributed by atoms with Crippen LogP contribution in [0.15, 0.2) is 54.6 Å². The Bertz CT molecular complexity index is 929. The predicted molar refractivity (Wildman–Crippen MR) is 107 cm³/mol. The van der Waals surface area contributed by atoms with Crippen molar-refractivity contribution in [2.75, 3.05) is 19.0 Å². The third kappa shape index (κ3) is 4.38. The van der Waals surface area contributed by atoms with Crippen LogP contribution in [0, 0.1) is 11.3 Å². The molecule has 1 unspecified atom stereocenters. The molecule has 2 aromatic rings. The maximum Gasteiger partial charge on any atom is 0.247 e. The second-order valence-electron chi connectivity index (χ2n) is 6.44. The molecule has 0 saturated carbocycles. The lowest BCUT2D eigenvalue weighted by atomic mass is 10.1. The summed E-state index contributed by atoms with van der Waals surface area (Å²) in [5.74, 6) is 0.264. The highest BCUT2D eigenvalue weighted by Gasteiger charge is 2.33. The lowest BCUT2D eigenvalue weighted by Crippen LogP contribution is -2.42. The molecule has 0 aliphatic carbocycles. The van der Waals surface area contributed by atoms with Crippen LogP contribution >= 0.6 is 0 Å². The van der Waals surface area contributed by atoms with E-state index in [1.807, 2.05) is 6.07 Å². The van der Waals surface area contributed by atoms with Gasteiger partial charge < -0.3 is 15.0 Å². The van der Waals surface area contributed by atoms with Crippen molar-refractivity contribution in [2.24, 2.45) is 0 Å². The number of rotatable bonds is 5. The van der Waals surface area contributed by atoms with Crippen molar-refractivity contribution in [1.82, 2.24) is 4.90 Å². The van der Waals surface area contributed by atoms with Crippen LogP contribution < -0.4 is 10.1 Å². The summed E-state index contributed by atoms with van der Waals surface area (Å²) in [6.45, 7) is 0.532. The van der Waals surface area contributed by atoms with Crippen LogP contribution in [0.4, 0.5) is 5.69 Å². The molecule has 0 spiro atoms. The Hall–Kier alpha value is -3.59. The average molecular weight is 375 g/mol. The molecule has 2 aromatic carbocycles. The first-order valence-corrected chi connectivity index (χ1v) is 9.05. The molecule has 1 aliphatic rings. The van der Waals surface area contributed by atoms with E-state index in [0.29, 0.717) is 35.5 Å². The summed E-state index contributed by atoms with van der Waals surface area (Å²) in [5.41, 5.74) is 1.84. The largest absolute Gasteiger partial charge is 0.497 e. The molecule has 0 aromatic heterocycles. The standard InChI is InChI=1S/C22H21N3O3/c1-28-19-11-9-18(10-12-19)24-22(27)20-7-4-14-25(20)21(26)13-8-16-5-2-3-6-17(16)15-23/h2-3,5-6,8-13,20H,4,7,14H2,1H3,(H,24,27)/b13-8+. The van der Waals surface area contributed by atoms with Crippen LogP contribution in [0.1, 0.15) is 24.0 Å². The van der Waals surface area contributed by atoms with Crippen molar-refractivity contribution in [3.8, 4) is 11.8 Å². The van der Waals surface area contributed by atoms with E-state index in [1.54, 1.807) is 60.6 Å². The smallest absolute Gasteiger partial charge is 0.247 e. The van der Waals surface area contributed by atoms with Gasteiger partial charge in [0.2, 0.25) is 11.8 Å². The Morgan fingerprint density at radius 2 is 1.96 bits per heavy atom. The maximum absolute atomic E-state index is 12.7. The van der Waals surface area contributed by atoms with Crippen molar-refractivity contribution < 1.29 is 14.3 Å². The lowest BCUT2D eigenvalue weighted by Gasteiger charge is -2.22. The van der Waals surface area contributed by atoms with E-state index in [2.05, 4.69) is 11.4 Å². The first-order valence-electron chi connectivity index (χ1n) is 9.05. The second-order valence-corrected chi connectivity index (χ2v) is 6.44. The van der Waals surface area contributed by atoms with E-state index in [1.165, 1.54) is 6.08 Å². The van der Waals surface area contributed by atoms with Crippen LogP contribution in [-0.2, 0) is 9.59 Å². The zero-order valence-electron chi connectivity index (χ0n) is 15.6. The van der Waals surface area contributed by atoms with Crippen LogP contribution in [0.3, 0.4) is 0 Å². The molecule has 1 heterocycles. The number of nitrogens with one attached hydrogen (secondary N) is 1. The van der Waals surface area contributed by atoms with Gasteiger partial charge in [-0.1, -0.05) is 18.2 Å². The average Bonchev–Trinajstić information content (AvgIpc) is 3.23. The topological polar surface area (TPSA) is 82.4 Å². The summed E-state index contributed by atoms with van der Waals surface area (Å²) in [4.78, 5) is 26.9. The number of carbonyl (C=O) groups is 2. The molecule has 142 valence electrons. The fourth-order valence-electron chi connectivity index (χ4n) is 3.20. The van der Waals surface area contributed by atoms with Gasteiger partial charge in [-0.15, -0.1) is 0 Å². The Kier molecular flexibility index (Phi) is 6.07. The highest BCUT2D eigenvalue weighted by Crippen LogP contribution is 2.21. The normalized spacial score (nSPS) is 16.0. The van der Waals surface area contributed by atoms with Gasteiger partial charge in [-0.25, -0.2) is 0 Å². The van der Waals surface area contributed by atoms with Crippen LogP contribution in [-0.4, -0.2) is 36.4 Å². The van der Waals surface area contributed by atoms with Gasteiger partial charge in [0, 0.05) is 18.3 Å². The summed E-state index contributed by atoms with van der Waals surface area (Å²) in [5, 5.41) is 12.0. The molecular formula is C22H21N3O3. The van der Waals surface area contributed by atoms with Crippen LogP contribution in [0.25, 0.3) is 6.08 Å². The van der Waals surface area contributed by atoms with Crippen molar-refractivity contribution in [1.29, 1.82) is 5.26 Å². The molecule has 1 saturated heterocycles. The number of likely N-dealkylation sites (tertiary alicyclic amines) is 1. The minimum atomic E-state index is -0.509. The van der Waals surface area contributed by atoms with Crippen LogP contribution in [0.5, 0.6) is 5.75 Å². The Labute approximate surface area is 164 Å². The molecule has 0 bridgehead atoms. The summed E-state index contributed by atoms with van der Waals surface area (Å²) in [7, 11) is 1.58. The van der Waals surface area contributed by atoms with Crippen molar-refractivity contribution in [3.05, 3.63) is 65.7 Å². The first-order chi connectivity index (χ1) is 13.6. The van der Waals surface area contributed by atoms with E-state index in [9.17, 15) is 9.59 Å². The predicted octanol–water partition coefficient (Wildman–Crippen LogP) is 3.21. The highest BCUT2D eigenvalue weighted by atomic mass is 16.5. The van der Waals surface area contributed by atoms with E-state index >= 15 is 0 Å². The number of nitrogens with zero attached hydrogens (tertiary/aromatic N) is 2. The van der Waals surface area contributed by atoms with Crippen LogP contribution in [0.2, 0.25) is 0 Å². The molecule has 1 N–H and O–H groups in total. The molecule has 28 heavy (non-hydrogen) atoms. The number of methoxy groups -OCH3 is 1. The molecule has 1 fully saturated rings. The van der Waals surface area contributed by atoms with Gasteiger partial charge in [-0.3, -0.25) is 9.59 Å². The number of ether oxygens (including phenoxy) is 1. The lowest BCUT2D eigenvalue weighted by molar-refractivity contribution is -0.132. The van der Waals surface area contributed by atoms with Gasteiger partial charge in [0.05, 0.1) is 18.7 Å². The number of anilines is 1. The third-order valence-corrected chi connectivity index (χ3v) is 4.68. The van der Waals surface area contributed by atoms with Gasteiger partial charge >= 0.3 is 0 Å². The van der Waals surface area contributed by atoms with E-state index in [-0.39, 0.29) is 11.8 Å². The maximum atomic E-state index is 12.7. The number of nitriles is 1. The summed E-state index contributed by atoms with van der Waals surface area (Å²) in [6, 6.07) is 15.7. The monoisotopic (exact) mass is 375 g/mol. The van der Waals surface area contributed by atoms with Gasteiger partial charge in [-0.2, -0.15) is 5.26 Å². The third-order valence-electron chi connectivity index (χ3n) is 4.68. The van der Waals surface area contributed by atoms with Gasteiger partial charge in [0.1, 0.15) is 11.8 Å². The van der Waals surface area contributed by atoms with Crippen molar-refractivity contribution in [3.63, 3.8) is 0 Å². The van der Waals surface area contributed by atoms with E-state index in [0.717, 1.165) is 6.42 Å². The molecule has 2 amide bonds. The number of hydrogen-bond acceptors (Lipinski definition) is 4. The number of amides is 2. The second kappa shape index (κ2) is 8.87. The molecular weight excluding hydrogens is 354 g/mol. The fraction of sp³-hybridized carbons (Fsp3) is 0.227. The number of carbonyl (C=O) groups excluding carboxylic acids is 2. The van der Waals surface area contributed by atoms with Crippen molar-refractivity contribution in [2.45, 2.75) is 18.9 Å². The van der Waals surface area contributed by atoms with E-state index < -0.39 is 6.04 Å². The summed E-state index contributed by atoms with van der Waals surface area (Å²) < 4.78 is 5.11. The van der Waals surface area contributed by atoms with Gasteiger partial charge in [0.15, 0.2) is 0 Å². The number of hydrogen-bond donors (Lipinski definition) is 1. The molecule has 6 heteroatoms. The molecule has 3 rings (SSSR count). The molecule has 6 nitrogen and oxygen atoms in total.